The van der Waals surface area contributed by atoms with Crippen molar-refractivity contribution in [2.24, 2.45) is 5.92 Å². The Balaban J connectivity index is 0.00000338. The molecule has 0 aliphatic carbocycles. The summed E-state index contributed by atoms with van der Waals surface area (Å²) in [5.41, 5.74) is 0.416. The molecule has 1 aromatic rings. The molecule has 1 fully saturated rings. The SMILES string of the molecule is CC(C)CCSc1ccc(C(=O)N(C)C2CCNCC2)cc1[N+](=O)[O-].Cl. The van der Waals surface area contributed by atoms with Crippen LogP contribution in [0, 0.1) is 16.0 Å². The van der Waals surface area contributed by atoms with E-state index >= 15 is 0 Å². The topological polar surface area (TPSA) is 75.5 Å². The molecule has 146 valence electrons. The van der Waals surface area contributed by atoms with Crippen molar-refractivity contribution < 1.29 is 9.72 Å². The Morgan fingerprint density at radius 1 is 1.38 bits per heavy atom. The maximum Gasteiger partial charge on any atom is 0.283 e. The van der Waals surface area contributed by atoms with Crippen LogP contribution in [-0.2, 0) is 0 Å². The van der Waals surface area contributed by atoms with Crippen LogP contribution in [0.15, 0.2) is 23.1 Å². The highest BCUT2D eigenvalue weighted by Gasteiger charge is 2.25. The second-order valence-corrected chi connectivity index (χ2v) is 8.00. The predicted octanol–water partition coefficient (Wildman–Crippen LogP) is 3.98. The molecule has 1 aliphatic rings. The standard InChI is InChI=1S/C18H27N3O3S.ClH/c1-13(2)8-11-25-17-5-4-14(12-16(17)21(23)24)18(22)20(3)15-6-9-19-10-7-15;/h4-5,12-13,15,19H,6-11H2,1-3H3;1H. The number of halogens is 1. The van der Waals surface area contributed by atoms with Gasteiger partial charge in [0.25, 0.3) is 11.6 Å². The van der Waals surface area contributed by atoms with Gasteiger partial charge in [-0.3, -0.25) is 14.9 Å². The molecule has 0 unspecified atom stereocenters. The average molecular weight is 402 g/mol. The van der Waals surface area contributed by atoms with Crippen molar-refractivity contribution in [1.29, 1.82) is 0 Å². The molecule has 1 heterocycles. The normalized spacial score (nSPS) is 14.8. The van der Waals surface area contributed by atoms with Crippen LogP contribution >= 0.6 is 24.2 Å². The summed E-state index contributed by atoms with van der Waals surface area (Å²) >= 11 is 1.49. The van der Waals surface area contributed by atoms with Crippen molar-refractivity contribution in [2.75, 3.05) is 25.9 Å². The number of carbonyl (C=O) groups excluding carboxylic acids is 1. The summed E-state index contributed by atoms with van der Waals surface area (Å²) in [6.07, 6.45) is 2.82. The lowest BCUT2D eigenvalue weighted by Crippen LogP contribution is -2.43. The van der Waals surface area contributed by atoms with Crippen molar-refractivity contribution in [2.45, 2.75) is 44.0 Å². The fourth-order valence-electron chi connectivity index (χ4n) is 2.88. The van der Waals surface area contributed by atoms with Gasteiger partial charge in [-0.2, -0.15) is 0 Å². The molecule has 6 nitrogen and oxygen atoms in total. The number of nitrogens with zero attached hydrogens (tertiary/aromatic N) is 2. The van der Waals surface area contributed by atoms with E-state index in [1.54, 1.807) is 24.1 Å². The van der Waals surface area contributed by atoms with E-state index in [-0.39, 0.29) is 35.0 Å². The third kappa shape index (κ3) is 6.14. The van der Waals surface area contributed by atoms with Gasteiger partial charge in [0.05, 0.1) is 9.82 Å². The van der Waals surface area contributed by atoms with Crippen LogP contribution in [0.5, 0.6) is 0 Å². The number of amides is 1. The number of carbonyl (C=O) groups is 1. The fraction of sp³-hybridized carbons (Fsp3) is 0.611. The van der Waals surface area contributed by atoms with Gasteiger partial charge in [0.2, 0.25) is 0 Å². The molecule has 1 N–H and O–H groups in total. The zero-order chi connectivity index (χ0) is 18.4. The van der Waals surface area contributed by atoms with Gasteiger partial charge in [-0.15, -0.1) is 24.2 Å². The predicted molar refractivity (Wildman–Crippen MR) is 109 cm³/mol. The van der Waals surface area contributed by atoms with E-state index < -0.39 is 0 Å². The van der Waals surface area contributed by atoms with Crippen LogP contribution in [-0.4, -0.2) is 47.7 Å². The number of hydrogen-bond acceptors (Lipinski definition) is 5. The van der Waals surface area contributed by atoms with Gasteiger partial charge in [-0.25, -0.2) is 0 Å². The minimum Gasteiger partial charge on any atom is -0.339 e. The minimum absolute atomic E-state index is 0. The van der Waals surface area contributed by atoms with Gasteiger partial charge in [0, 0.05) is 24.7 Å². The second-order valence-electron chi connectivity index (χ2n) is 6.87. The first kappa shape index (κ1) is 22.7. The van der Waals surface area contributed by atoms with Gasteiger partial charge in [0.15, 0.2) is 0 Å². The van der Waals surface area contributed by atoms with Crippen molar-refractivity contribution in [3.63, 3.8) is 0 Å². The van der Waals surface area contributed by atoms with E-state index in [1.807, 2.05) is 0 Å². The fourth-order valence-corrected chi connectivity index (χ4v) is 4.14. The molecule has 0 saturated carbocycles. The lowest BCUT2D eigenvalue weighted by atomic mass is 10.0. The second kappa shape index (κ2) is 10.7. The van der Waals surface area contributed by atoms with Crippen molar-refractivity contribution in [3.8, 4) is 0 Å². The van der Waals surface area contributed by atoms with E-state index in [0.717, 1.165) is 38.1 Å². The Morgan fingerprint density at radius 2 is 2.04 bits per heavy atom. The van der Waals surface area contributed by atoms with Gasteiger partial charge in [-0.05, 0) is 56.2 Å². The molecule has 0 aromatic heterocycles. The number of nitro benzene ring substituents is 1. The first-order valence-corrected chi connectivity index (χ1v) is 9.77. The van der Waals surface area contributed by atoms with Crippen LogP contribution in [0.1, 0.15) is 43.5 Å². The molecular weight excluding hydrogens is 374 g/mol. The molecule has 26 heavy (non-hydrogen) atoms. The number of nitro groups is 1. The molecule has 0 spiro atoms. The molecule has 1 saturated heterocycles. The Morgan fingerprint density at radius 3 is 2.62 bits per heavy atom. The highest BCUT2D eigenvalue weighted by Crippen LogP contribution is 2.31. The van der Waals surface area contributed by atoms with Crippen molar-refractivity contribution in [3.05, 3.63) is 33.9 Å². The number of piperidine rings is 1. The Bertz CT molecular complexity index is 622. The number of nitrogens with one attached hydrogen (secondary N) is 1. The van der Waals surface area contributed by atoms with Gasteiger partial charge < -0.3 is 10.2 Å². The van der Waals surface area contributed by atoms with Crippen LogP contribution in [0.2, 0.25) is 0 Å². The van der Waals surface area contributed by atoms with Crippen LogP contribution in [0.3, 0.4) is 0 Å². The summed E-state index contributed by atoms with van der Waals surface area (Å²) in [5, 5.41) is 14.7. The zero-order valence-corrected chi connectivity index (χ0v) is 17.2. The molecule has 1 amide bonds. The van der Waals surface area contributed by atoms with Gasteiger partial charge in [0.1, 0.15) is 0 Å². The number of thioether (sulfide) groups is 1. The smallest absolute Gasteiger partial charge is 0.283 e. The summed E-state index contributed by atoms with van der Waals surface area (Å²) < 4.78 is 0. The zero-order valence-electron chi connectivity index (χ0n) is 15.6. The molecular formula is C18H28ClN3O3S. The first-order chi connectivity index (χ1) is 11.9. The Kier molecular flexibility index (Phi) is 9.39. The summed E-state index contributed by atoms with van der Waals surface area (Å²) in [6.45, 7) is 6.06. The van der Waals surface area contributed by atoms with Gasteiger partial charge in [-0.1, -0.05) is 13.8 Å². The summed E-state index contributed by atoms with van der Waals surface area (Å²) in [5.74, 6) is 1.25. The monoisotopic (exact) mass is 401 g/mol. The molecule has 0 bridgehead atoms. The van der Waals surface area contributed by atoms with Crippen LogP contribution in [0.25, 0.3) is 0 Å². The number of rotatable bonds is 7. The summed E-state index contributed by atoms with van der Waals surface area (Å²) in [4.78, 5) is 26.1. The van der Waals surface area contributed by atoms with Crippen molar-refractivity contribution >= 4 is 35.8 Å². The number of benzene rings is 1. The highest BCUT2D eigenvalue weighted by atomic mass is 35.5. The van der Waals surface area contributed by atoms with Gasteiger partial charge >= 0.3 is 0 Å². The Hall–Kier alpha value is -1.31. The summed E-state index contributed by atoms with van der Waals surface area (Å²) in [6, 6.07) is 5.04. The van der Waals surface area contributed by atoms with E-state index in [4.69, 9.17) is 0 Å². The molecule has 0 radical (unpaired) electrons. The van der Waals surface area contributed by atoms with Crippen LogP contribution in [0.4, 0.5) is 5.69 Å². The third-order valence-electron chi connectivity index (χ3n) is 4.53. The number of hydrogen-bond donors (Lipinski definition) is 1. The van der Waals surface area contributed by atoms with E-state index in [0.29, 0.717) is 16.4 Å². The molecule has 1 aliphatic heterocycles. The lowest BCUT2D eigenvalue weighted by Gasteiger charge is -2.31. The quantitative estimate of drug-likeness (QED) is 0.425. The summed E-state index contributed by atoms with van der Waals surface area (Å²) in [7, 11) is 1.79. The van der Waals surface area contributed by atoms with Crippen molar-refractivity contribution in [1.82, 2.24) is 10.2 Å². The third-order valence-corrected chi connectivity index (χ3v) is 5.63. The Labute approximate surface area is 165 Å². The molecule has 1 aromatic carbocycles. The molecule has 0 atom stereocenters. The molecule has 8 heteroatoms. The average Bonchev–Trinajstić information content (AvgIpc) is 2.61. The maximum atomic E-state index is 12.7. The minimum atomic E-state index is -0.390. The molecule has 2 rings (SSSR count). The van der Waals surface area contributed by atoms with Crippen LogP contribution < -0.4 is 5.32 Å². The lowest BCUT2D eigenvalue weighted by molar-refractivity contribution is -0.387. The van der Waals surface area contributed by atoms with E-state index in [9.17, 15) is 14.9 Å². The van der Waals surface area contributed by atoms with E-state index in [2.05, 4.69) is 19.2 Å². The van der Waals surface area contributed by atoms with E-state index in [1.165, 1.54) is 17.8 Å². The maximum absolute atomic E-state index is 12.7. The largest absolute Gasteiger partial charge is 0.339 e. The first-order valence-electron chi connectivity index (χ1n) is 8.79. The highest BCUT2D eigenvalue weighted by molar-refractivity contribution is 7.99.